The van der Waals surface area contributed by atoms with Crippen LogP contribution >= 0.6 is 11.6 Å². The number of para-hydroxylation sites is 1. The third kappa shape index (κ3) is 4.62. The predicted molar refractivity (Wildman–Crippen MR) is 103 cm³/mol. The molecule has 0 fully saturated rings. The molecule has 1 aromatic heterocycles. The van der Waals surface area contributed by atoms with Gasteiger partial charge in [-0.25, -0.2) is 9.48 Å². The molecular formula is C20H15ClF3N3O3. The molecular weight excluding hydrogens is 423 g/mol. The highest BCUT2D eigenvalue weighted by Gasteiger charge is 2.36. The molecule has 0 unspecified atom stereocenters. The zero-order valence-electron chi connectivity index (χ0n) is 15.5. The number of hydrogen-bond acceptors (Lipinski definition) is 4. The van der Waals surface area contributed by atoms with E-state index < -0.39 is 23.7 Å². The summed E-state index contributed by atoms with van der Waals surface area (Å²) in [6.07, 6.45) is -4.73. The number of amides is 1. The molecule has 0 saturated heterocycles. The van der Waals surface area contributed by atoms with E-state index in [1.165, 1.54) is 31.4 Å². The molecule has 0 aliphatic carbocycles. The maximum absolute atomic E-state index is 13.2. The Balaban J connectivity index is 1.85. The SMILES string of the molecule is COC(=O)c1ccc(CNC(=O)c2cc(C(F)(F)F)nn2-c2ccccc2Cl)cc1. The lowest BCUT2D eigenvalue weighted by Gasteiger charge is -2.10. The molecule has 3 rings (SSSR count). The van der Waals surface area contributed by atoms with Crippen molar-refractivity contribution in [1.29, 1.82) is 0 Å². The third-order valence-corrected chi connectivity index (χ3v) is 4.46. The molecule has 0 spiro atoms. The van der Waals surface area contributed by atoms with Crippen molar-refractivity contribution >= 4 is 23.5 Å². The first-order valence-electron chi connectivity index (χ1n) is 8.58. The Morgan fingerprint density at radius 1 is 1.13 bits per heavy atom. The van der Waals surface area contributed by atoms with Gasteiger partial charge < -0.3 is 10.1 Å². The van der Waals surface area contributed by atoms with Crippen molar-refractivity contribution in [2.75, 3.05) is 7.11 Å². The summed E-state index contributed by atoms with van der Waals surface area (Å²) in [5, 5.41) is 6.21. The fraction of sp³-hybridized carbons (Fsp3) is 0.150. The highest BCUT2D eigenvalue weighted by molar-refractivity contribution is 6.32. The van der Waals surface area contributed by atoms with E-state index in [0.29, 0.717) is 17.2 Å². The summed E-state index contributed by atoms with van der Waals surface area (Å²) in [5.41, 5.74) is -0.422. The summed E-state index contributed by atoms with van der Waals surface area (Å²) in [5.74, 6) is -1.27. The van der Waals surface area contributed by atoms with E-state index in [2.05, 4.69) is 15.2 Å². The molecule has 30 heavy (non-hydrogen) atoms. The number of nitrogens with zero attached hydrogens (tertiary/aromatic N) is 2. The van der Waals surface area contributed by atoms with Crippen LogP contribution in [0.4, 0.5) is 13.2 Å². The average Bonchev–Trinajstić information content (AvgIpc) is 3.18. The van der Waals surface area contributed by atoms with E-state index in [-0.39, 0.29) is 22.9 Å². The first-order chi connectivity index (χ1) is 14.2. The summed E-state index contributed by atoms with van der Waals surface area (Å²) >= 11 is 6.07. The third-order valence-electron chi connectivity index (χ3n) is 4.14. The first-order valence-corrected chi connectivity index (χ1v) is 8.96. The van der Waals surface area contributed by atoms with Crippen LogP contribution in [-0.4, -0.2) is 28.8 Å². The van der Waals surface area contributed by atoms with Crippen molar-refractivity contribution < 1.29 is 27.5 Å². The van der Waals surface area contributed by atoms with Gasteiger partial charge in [0.25, 0.3) is 5.91 Å². The summed E-state index contributed by atoms with van der Waals surface area (Å²) in [4.78, 5) is 24.1. The van der Waals surface area contributed by atoms with E-state index in [1.54, 1.807) is 24.3 Å². The first kappa shape index (κ1) is 21.4. The summed E-state index contributed by atoms with van der Waals surface area (Å²) < 4.78 is 45.0. The van der Waals surface area contributed by atoms with Crippen molar-refractivity contribution in [2.45, 2.75) is 12.7 Å². The molecule has 2 aromatic carbocycles. The lowest BCUT2D eigenvalue weighted by atomic mass is 10.1. The summed E-state index contributed by atoms with van der Waals surface area (Å²) in [6.45, 7) is 0.0232. The van der Waals surface area contributed by atoms with E-state index >= 15 is 0 Å². The van der Waals surface area contributed by atoms with Crippen LogP contribution in [-0.2, 0) is 17.5 Å². The van der Waals surface area contributed by atoms with Crippen LogP contribution in [0.1, 0.15) is 32.1 Å². The molecule has 1 heterocycles. The molecule has 0 radical (unpaired) electrons. The largest absolute Gasteiger partial charge is 0.465 e. The number of aromatic nitrogens is 2. The van der Waals surface area contributed by atoms with Gasteiger partial charge in [-0.1, -0.05) is 35.9 Å². The minimum absolute atomic E-state index is 0.0232. The summed E-state index contributed by atoms with van der Waals surface area (Å²) in [7, 11) is 1.26. The fourth-order valence-corrected chi connectivity index (χ4v) is 2.85. The smallest absolute Gasteiger partial charge is 0.435 e. The van der Waals surface area contributed by atoms with Crippen LogP contribution in [0.2, 0.25) is 5.02 Å². The Hall–Kier alpha value is -3.33. The normalized spacial score (nSPS) is 11.2. The Labute approximate surface area is 174 Å². The second kappa shape index (κ2) is 8.58. The van der Waals surface area contributed by atoms with Crippen LogP contribution in [0, 0.1) is 0 Å². The topological polar surface area (TPSA) is 73.2 Å². The van der Waals surface area contributed by atoms with E-state index in [0.717, 1.165) is 4.68 Å². The number of alkyl halides is 3. The minimum atomic E-state index is -4.73. The van der Waals surface area contributed by atoms with Crippen LogP contribution in [0.25, 0.3) is 5.69 Å². The van der Waals surface area contributed by atoms with Crippen molar-refractivity contribution in [1.82, 2.24) is 15.1 Å². The maximum atomic E-state index is 13.2. The molecule has 0 aliphatic heterocycles. The monoisotopic (exact) mass is 437 g/mol. The van der Waals surface area contributed by atoms with Crippen LogP contribution in [0.5, 0.6) is 0 Å². The van der Waals surface area contributed by atoms with Gasteiger partial charge in [-0.2, -0.15) is 18.3 Å². The molecule has 0 aliphatic rings. The molecule has 10 heteroatoms. The minimum Gasteiger partial charge on any atom is -0.465 e. The number of halogens is 4. The van der Waals surface area contributed by atoms with Gasteiger partial charge in [-0.3, -0.25) is 4.79 Å². The van der Waals surface area contributed by atoms with Crippen molar-refractivity contribution in [2.24, 2.45) is 0 Å². The zero-order valence-corrected chi connectivity index (χ0v) is 16.3. The van der Waals surface area contributed by atoms with Gasteiger partial charge in [0, 0.05) is 12.6 Å². The van der Waals surface area contributed by atoms with Gasteiger partial charge in [0.1, 0.15) is 5.69 Å². The van der Waals surface area contributed by atoms with E-state index in [4.69, 9.17) is 11.6 Å². The van der Waals surface area contributed by atoms with Gasteiger partial charge in [0.15, 0.2) is 5.69 Å². The second-order valence-electron chi connectivity index (χ2n) is 6.15. The standard InChI is InChI=1S/C20H15ClF3N3O3/c1-30-19(29)13-8-6-12(7-9-13)11-25-18(28)16-10-17(20(22,23)24)26-27(16)15-5-3-2-4-14(15)21/h2-10H,11H2,1H3,(H,25,28). The number of benzene rings is 2. The van der Waals surface area contributed by atoms with Gasteiger partial charge in [0.2, 0.25) is 0 Å². The lowest BCUT2D eigenvalue weighted by molar-refractivity contribution is -0.141. The number of ether oxygens (including phenoxy) is 1. The van der Waals surface area contributed by atoms with E-state index in [1.807, 2.05) is 0 Å². The fourth-order valence-electron chi connectivity index (χ4n) is 2.64. The van der Waals surface area contributed by atoms with Crippen molar-refractivity contribution in [3.8, 4) is 5.69 Å². The molecule has 3 aromatic rings. The molecule has 0 bridgehead atoms. The zero-order chi connectivity index (χ0) is 21.9. The molecule has 0 atom stereocenters. The molecule has 6 nitrogen and oxygen atoms in total. The lowest BCUT2D eigenvalue weighted by Crippen LogP contribution is -2.25. The van der Waals surface area contributed by atoms with Crippen molar-refractivity contribution in [3.05, 3.63) is 82.1 Å². The van der Waals surface area contributed by atoms with Gasteiger partial charge in [-0.15, -0.1) is 0 Å². The highest BCUT2D eigenvalue weighted by atomic mass is 35.5. The highest BCUT2D eigenvalue weighted by Crippen LogP contribution is 2.30. The molecule has 156 valence electrons. The quantitative estimate of drug-likeness (QED) is 0.605. The van der Waals surface area contributed by atoms with Gasteiger partial charge in [0.05, 0.1) is 23.4 Å². The van der Waals surface area contributed by atoms with Crippen molar-refractivity contribution in [3.63, 3.8) is 0 Å². The Bertz CT molecular complexity index is 1080. The molecule has 0 saturated carbocycles. The van der Waals surface area contributed by atoms with E-state index in [9.17, 15) is 22.8 Å². The average molecular weight is 438 g/mol. The van der Waals surface area contributed by atoms with Crippen LogP contribution in [0.15, 0.2) is 54.6 Å². The Kier molecular flexibility index (Phi) is 6.12. The predicted octanol–water partition coefficient (Wildman–Crippen LogP) is 4.26. The number of carbonyl (C=O) groups is 2. The Morgan fingerprint density at radius 2 is 1.80 bits per heavy atom. The van der Waals surface area contributed by atoms with Crippen LogP contribution in [0.3, 0.4) is 0 Å². The van der Waals surface area contributed by atoms with Gasteiger partial charge in [-0.05, 0) is 29.8 Å². The number of nitrogens with one attached hydrogen (secondary N) is 1. The number of methoxy groups -OCH3 is 1. The number of hydrogen-bond donors (Lipinski definition) is 1. The number of rotatable bonds is 5. The summed E-state index contributed by atoms with van der Waals surface area (Å²) in [6, 6.07) is 13.0. The van der Waals surface area contributed by atoms with Crippen LogP contribution < -0.4 is 5.32 Å². The molecule has 1 N–H and O–H groups in total. The molecule has 1 amide bonds. The second-order valence-corrected chi connectivity index (χ2v) is 6.55. The maximum Gasteiger partial charge on any atom is 0.435 e. The Morgan fingerprint density at radius 3 is 2.40 bits per heavy atom. The number of esters is 1. The van der Waals surface area contributed by atoms with Gasteiger partial charge >= 0.3 is 12.1 Å². The number of carbonyl (C=O) groups excluding carboxylic acids is 2.